The van der Waals surface area contributed by atoms with E-state index in [9.17, 15) is 8.42 Å². The summed E-state index contributed by atoms with van der Waals surface area (Å²) < 4.78 is 31.2. The largest absolute Gasteiger partial charge is 0.294 e. The summed E-state index contributed by atoms with van der Waals surface area (Å²) in [5, 5.41) is 6.35. The summed E-state index contributed by atoms with van der Waals surface area (Å²) in [4.78, 5) is -0.0666. The molecule has 0 radical (unpaired) electrons. The summed E-state index contributed by atoms with van der Waals surface area (Å²) in [5.41, 5.74) is 10.7. The molecule has 3 atom stereocenters. The average Bonchev–Trinajstić information content (AvgIpc) is 3.47. The van der Waals surface area contributed by atoms with Gasteiger partial charge in [-0.15, -0.1) is 0 Å². The van der Waals surface area contributed by atoms with Gasteiger partial charge >= 0.3 is 0 Å². The lowest BCUT2D eigenvalue weighted by molar-refractivity contribution is 0.341. The van der Waals surface area contributed by atoms with Gasteiger partial charge in [0.25, 0.3) is 10.1 Å². The zero-order valence-corrected chi connectivity index (χ0v) is 33.9. The standard InChI is InChI=1S/C40H43ClN2.C7H8O3S/c1-26-34(42(3,4)36-24-18-28-12-7-9-16-32(28)38(26)36)22-20-30-14-11-15-31(40(30)41)21-23-35-27(2)39-33-17-10-8-13-29(33)19-25-37(39)43(35,5)6;1-6-2-4-7(5-3-6)11(8,9)10/h7-10,12-13,16-27,34H,11,14-15H2,1-6H3;2-5H,1H3,(H,8,9,10)/q+2;. The summed E-state index contributed by atoms with van der Waals surface area (Å²) in [6, 6.07) is 33.2. The minimum Gasteiger partial charge on any atom is -0.290 e. The molecule has 278 valence electrons. The SMILES string of the molecule is CC1C(=CC=C2CCCC(C=CC3C(C)c4c(ccc5ccccc45)[N+]3(C)C)=C2Cl)[N+](C)(C)c2ccc3ccccc3c21.Cc1ccc(S(=O)(=O)O)cc1. The minimum absolute atomic E-state index is 0.0666. The molecule has 0 fully saturated rings. The number of quaternary nitrogens is 2. The summed E-state index contributed by atoms with van der Waals surface area (Å²) in [6.45, 7) is 6.60. The molecule has 2 heterocycles. The van der Waals surface area contributed by atoms with Crippen molar-refractivity contribution in [3.05, 3.63) is 160 Å². The van der Waals surface area contributed by atoms with Gasteiger partial charge < -0.3 is 0 Å². The Hall–Kier alpha value is -4.30. The van der Waals surface area contributed by atoms with Gasteiger partial charge in [-0.2, -0.15) is 8.42 Å². The Morgan fingerprint density at radius 3 is 1.96 bits per heavy atom. The maximum absolute atomic E-state index is 10.5. The molecule has 0 saturated carbocycles. The topological polar surface area (TPSA) is 54.4 Å². The first-order valence-corrected chi connectivity index (χ1v) is 20.7. The zero-order chi connectivity index (χ0) is 38.6. The number of aryl methyl sites for hydroxylation is 1. The van der Waals surface area contributed by atoms with E-state index in [-0.39, 0.29) is 4.90 Å². The predicted molar refractivity (Wildman–Crippen MR) is 229 cm³/mol. The van der Waals surface area contributed by atoms with Gasteiger partial charge in [0, 0.05) is 34.2 Å². The second kappa shape index (κ2) is 14.4. The number of allylic oxidation sites excluding steroid dienone is 7. The van der Waals surface area contributed by atoms with Crippen LogP contribution in [0.4, 0.5) is 11.4 Å². The lowest BCUT2D eigenvalue weighted by Crippen LogP contribution is -2.46. The Morgan fingerprint density at radius 2 is 1.33 bits per heavy atom. The van der Waals surface area contributed by atoms with Gasteiger partial charge in [-0.05, 0) is 102 Å². The smallest absolute Gasteiger partial charge is 0.290 e. The highest BCUT2D eigenvalue weighted by atomic mass is 35.5. The van der Waals surface area contributed by atoms with Crippen molar-refractivity contribution in [3.63, 3.8) is 0 Å². The molecule has 1 aliphatic carbocycles. The van der Waals surface area contributed by atoms with Crippen molar-refractivity contribution in [2.45, 2.75) is 62.8 Å². The molecule has 2 aliphatic heterocycles. The fourth-order valence-corrected chi connectivity index (χ4v) is 9.98. The molecule has 0 bridgehead atoms. The normalized spacial score (nSPS) is 23.2. The molecule has 7 heteroatoms. The second-order valence-corrected chi connectivity index (χ2v) is 17.9. The quantitative estimate of drug-likeness (QED) is 0.147. The molecule has 0 aromatic heterocycles. The Kier molecular flexibility index (Phi) is 10.1. The monoisotopic (exact) mass is 758 g/mol. The number of nitrogens with zero attached hydrogens (tertiary/aromatic N) is 2. The molecule has 5 nitrogen and oxygen atoms in total. The Labute approximate surface area is 326 Å². The van der Waals surface area contributed by atoms with Crippen LogP contribution in [0.25, 0.3) is 21.5 Å². The highest BCUT2D eigenvalue weighted by Crippen LogP contribution is 2.50. The van der Waals surface area contributed by atoms with Gasteiger partial charge in [0.1, 0.15) is 23.1 Å². The molecule has 54 heavy (non-hydrogen) atoms. The summed E-state index contributed by atoms with van der Waals surface area (Å²) in [5.74, 6) is 0.775. The van der Waals surface area contributed by atoms with Crippen molar-refractivity contribution in [3.8, 4) is 0 Å². The van der Waals surface area contributed by atoms with Crippen LogP contribution in [-0.2, 0) is 10.1 Å². The van der Waals surface area contributed by atoms with Crippen LogP contribution in [0, 0.1) is 6.92 Å². The molecule has 1 N–H and O–H groups in total. The van der Waals surface area contributed by atoms with Crippen LogP contribution in [0.5, 0.6) is 0 Å². The van der Waals surface area contributed by atoms with Gasteiger partial charge in [0.05, 0.1) is 39.0 Å². The van der Waals surface area contributed by atoms with Crippen LogP contribution in [-0.4, -0.2) is 47.2 Å². The van der Waals surface area contributed by atoms with E-state index in [4.69, 9.17) is 16.2 Å². The number of likely N-dealkylation sites (N-methyl/N-ethyl adjacent to an activating group) is 2. The van der Waals surface area contributed by atoms with Crippen LogP contribution in [0.1, 0.15) is 61.6 Å². The van der Waals surface area contributed by atoms with Crippen molar-refractivity contribution >= 4 is 54.6 Å². The Morgan fingerprint density at radius 1 is 0.741 bits per heavy atom. The first kappa shape index (κ1) is 38.0. The van der Waals surface area contributed by atoms with E-state index in [0.29, 0.717) is 17.9 Å². The number of hydrogen-bond acceptors (Lipinski definition) is 2. The van der Waals surface area contributed by atoms with Crippen LogP contribution in [0.3, 0.4) is 0 Å². The third-order valence-electron chi connectivity index (χ3n) is 12.1. The maximum atomic E-state index is 10.5. The lowest BCUT2D eigenvalue weighted by Gasteiger charge is -2.32. The second-order valence-electron chi connectivity index (χ2n) is 16.1. The maximum Gasteiger partial charge on any atom is 0.294 e. The number of benzene rings is 5. The van der Waals surface area contributed by atoms with Crippen molar-refractivity contribution < 1.29 is 13.0 Å². The fourth-order valence-electron chi connectivity index (χ4n) is 9.18. The predicted octanol–water partition coefficient (Wildman–Crippen LogP) is 11.7. The van der Waals surface area contributed by atoms with E-state index in [1.807, 2.05) is 6.92 Å². The van der Waals surface area contributed by atoms with Crippen molar-refractivity contribution in [2.75, 3.05) is 28.2 Å². The molecule has 5 aromatic carbocycles. The number of hydrogen-bond donors (Lipinski definition) is 1. The highest BCUT2D eigenvalue weighted by molar-refractivity contribution is 7.85. The highest BCUT2D eigenvalue weighted by Gasteiger charge is 2.45. The first-order valence-electron chi connectivity index (χ1n) is 18.9. The number of fused-ring (bicyclic) bond motifs is 6. The number of halogens is 1. The summed E-state index contributed by atoms with van der Waals surface area (Å²) >= 11 is 7.19. The third-order valence-corrected chi connectivity index (χ3v) is 13.4. The fraction of sp³-hybridized carbons (Fsp3) is 0.277. The third kappa shape index (κ3) is 6.80. The molecule has 8 rings (SSSR count). The Bertz CT molecular complexity index is 2510. The molecule has 3 aliphatic rings. The first-order chi connectivity index (χ1) is 25.6. The van der Waals surface area contributed by atoms with Gasteiger partial charge in [0.2, 0.25) is 0 Å². The lowest BCUT2D eigenvalue weighted by atomic mass is 9.90. The molecular formula is C47H51ClN2O3S+2. The van der Waals surface area contributed by atoms with Gasteiger partial charge in [-0.1, -0.05) is 96.9 Å². The van der Waals surface area contributed by atoms with Crippen molar-refractivity contribution in [2.24, 2.45) is 0 Å². The molecule has 0 saturated heterocycles. The molecule has 5 aromatic rings. The van der Waals surface area contributed by atoms with Gasteiger partial charge in [-0.3, -0.25) is 13.5 Å². The van der Waals surface area contributed by atoms with Crippen LogP contribution < -0.4 is 8.97 Å². The van der Waals surface area contributed by atoms with E-state index < -0.39 is 10.1 Å². The average molecular weight is 759 g/mol. The van der Waals surface area contributed by atoms with Gasteiger partial charge in [0.15, 0.2) is 0 Å². The zero-order valence-electron chi connectivity index (χ0n) is 32.3. The molecule has 0 spiro atoms. The van der Waals surface area contributed by atoms with E-state index in [0.717, 1.165) is 38.8 Å². The van der Waals surface area contributed by atoms with Crippen molar-refractivity contribution in [1.82, 2.24) is 8.97 Å². The molecule has 3 unspecified atom stereocenters. The molecule has 0 amide bonds. The van der Waals surface area contributed by atoms with E-state index >= 15 is 0 Å². The van der Waals surface area contributed by atoms with Crippen molar-refractivity contribution in [1.29, 1.82) is 0 Å². The van der Waals surface area contributed by atoms with Crippen LogP contribution >= 0.6 is 11.6 Å². The van der Waals surface area contributed by atoms with Crippen LogP contribution in [0.15, 0.2) is 148 Å². The minimum atomic E-state index is -4.02. The molecular weight excluding hydrogens is 708 g/mol. The number of rotatable bonds is 4. The summed E-state index contributed by atoms with van der Waals surface area (Å²) in [7, 11) is 5.32. The van der Waals surface area contributed by atoms with Crippen LogP contribution in [0.2, 0.25) is 0 Å². The Balaban J connectivity index is 0.000000353. The van der Waals surface area contributed by atoms with E-state index in [2.05, 4.69) is 139 Å². The van der Waals surface area contributed by atoms with E-state index in [1.165, 1.54) is 73.0 Å². The van der Waals surface area contributed by atoms with Gasteiger partial charge in [-0.25, -0.2) is 0 Å². The summed E-state index contributed by atoms with van der Waals surface area (Å²) in [6.07, 6.45) is 12.7. The van der Waals surface area contributed by atoms with E-state index in [1.54, 1.807) is 12.1 Å².